The van der Waals surface area contributed by atoms with Gasteiger partial charge in [0.2, 0.25) is 0 Å². The minimum absolute atomic E-state index is 0.205. The molecule has 4 atom stereocenters. The standard InChI is InChI=1S/C10H20O2/c1-6(2)8-5-9(11)7(3)4-10(8)12/h6-12H,4-5H2,1-3H3/t7-,8-,9-,10+/m1/s1. The Kier molecular flexibility index (Phi) is 3.13. The second-order valence-electron chi connectivity index (χ2n) is 4.49. The molecule has 0 aromatic rings. The molecule has 2 N–H and O–H groups in total. The Bertz CT molecular complexity index is 145. The molecule has 2 heteroatoms. The summed E-state index contributed by atoms with van der Waals surface area (Å²) in [7, 11) is 0. The number of hydrogen-bond acceptors (Lipinski definition) is 2. The van der Waals surface area contributed by atoms with Crippen molar-refractivity contribution >= 4 is 0 Å². The van der Waals surface area contributed by atoms with E-state index in [1.807, 2.05) is 6.92 Å². The highest BCUT2D eigenvalue weighted by Gasteiger charge is 2.34. The van der Waals surface area contributed by atoms with Crippen LogP contribution in [0.4, 0.5) is 0 Å². The molecule has 0 heterocycles. The molecule has 0 aliphatic heterocycles. The fourth-order valence-corrected chi connectivity index (χ4v) is 2.10. The van der Waals surface area contributed by atoms with Gasteiger partial charge in [-0.05, 0) is 30.6 Å². The Morgan fingerprint density at radius 3 is 2.17 bits per heavy atom. The molecule has 1 aliphatic rings. The topological polar surface area (TPSA) is 40.5 Å². The van der Waals surface area contributed by atoms with Crippen molar-refractivity contribution in [3.05, 3.63) is 0 Å². The summed E-state index contributed by atoms with van der Waals surface area (Å²) in [6, 6.07) is 0. The average Bonchev–Trinajstić information content (AvgIpc) is 1.96. The van der Waals surface area contributed by atoms with Gasteiger partial charge in [0.1, 0.15) is 0 Å². The summed E-state index contributed by atoms with van der Waals surface area (Å²) >= 11 is 0. The molecule has 0 spiro atoms. The lowest BCUT2D eigenvalue weighted by atomic mass is 9.74. The number of aliphatic hydroxyl groups is 2. The number of aliphatic hydroxyl groups excluding tert-OH is 2. The smallest absolute Gasteiger partial charge is 0.0575 e. The van der Waals surface area contributed by atoms with Gasteiger partial charge in [-0.3, -0.25) is 0 Å². The van der Waals surface area contributed by atoms with E-state index in [0.29, 0.717) is 5.92 Å². The van der Waals surface area contributed by atoms with Gasteiger partial charge in [-0.15, -0.1) is 0 Å². The number of rotatable bonds is 1. The summed E-state index contributed by atoms with van der Waals surface area (Å²) in [6.45, 7) is 6.22. The quantitative estimate of drug-likeness (QED) is 0.628. The zero-order chi connectivity index (χ0) is 9.30. The molecule has 0 bridgehead atoms. The first-order valence-electron chi connectivity index (χ1n) is 4.88. The maximum Gasteiger partial charge on any atom is 0.0575 e. The molecule has 0 radical (unpaired) electrons. The summed E-state index contributed by atoms with van der Waals surface area (Å²) in [6.07, 6.45) is 1.11. The lowest BCUT2D eigenvalue weighted by molar-refractivity contribution is -0.0413. The second kappa shape index (κ2) is 3.75. The van der Waals surface area contributed by atoms with E-state index in [9.17, 15) is 10.2 Å². The van der Waals surface area contributed by atoms with Crippen LogP contribution in [0.2, 0.25) is 0 Å². The maximum atomic E-state index is 9.72. The van der Waals surface area contributed by atoms with Crippen LogP contribution in [-0.4, -0.2) is 22.4 Å². The van der Waals surface area contributed by atoms with E-state index in [0.717, 1.165) is 12.8 Å². The van der Waals surface area contributed by atoms with Crippen LogP contribution >= 0.6 is 0 Å². The fraction of sp³-hybridized carbons (Fsp3) is 1.00. The Balaban J connectivity index is 2.55. The average molecular weight is 172 g/mol. The molecule has 2 nitrogen and oxygen atoms in total. The van der Waals surface area contributed by atoms with Crippen LogP contribution < -0.4 is 0 Å². The molecule has 12 heavy (non-hydrogen) atoms. The monoisotopic (exact) mass is 172 g/mol. The van der Waals surface area contributed by atoms with Gasteiger partial charge in [0.25, 0.3) is 0 Å². The van der Waals surface area contributed by atoms with E-state index in [1.165, 1.54) is 0 Å². The van der Waals surface area contributed by atoms with Crippen LogP contribution in [0, 0.1) is 17.8 Å². The minimum Gasteiger partial charge on any atom is -0.393 e. The van der Waals surface area contributed by atoms with Crippen molar-refractivity contribution in [2.24, 2.45) is 17.8 Å². The first-order chi connectivity index (χ1) is 5.52. The largest absolute Gasteiger partial charge is 0.393 e. The zero-order valence-electron chi connectivity index (χ0n) is 8.20. The maximum absolute atomic E-state index is 9.72. The van der Waals surface area contributed by atoms with E-state index in [2.05, 4.69) is 13.8 Å². The molecule has 1 rings (SSSR count). The van der Waals surface area contributed by atoms with Gasteiger partial charge in [0, 0.05) is 0 Å². The fourth-order valence-electron chi connectivity index (χ4n) is 2.10. The summed E-state index contributed by atoms with van der Waals surface area (Å²) in [5.74, 6) is 1.02. The first-order valence-corrected chi connectivity index (χ1v) is 4.88. The number of hydrogen-bond donors (Lipinski definition) is 2. The minimum atomic E-state index is -0.208. The molecular formula is C10H20O2. The zero-order valence-corrected chi connectivity index (χ0v) is 8.20. The van der Waals surface area contributed by atoms with Crippen molar-refractivity contribution in [2.75, 3.05) is 0 Å². The van der Waals surface area contributed by atoms with Gasteiger partial charge in [0.15, 0.2) is 0 Å². The van der Waals surface area contributed by atoms with Crippen LogP contribution in [0.3, 0.4) is 0 Å². The first kappa shape index (κ1) is 10.0. The summed E-state index contributed by atoms with van der Waals surface area (Å²) < 4.78 is 0. The molecular weight excluding hydrogens is 152 g/mol. The van der Waals surface area contributed by atoms with Crippen molar-refractivity contribution in [3.63, 3.8) is 0 Å². The molecule has 1 saturated carbocycles. The highest BCUT2D eigenvalue weighted by Crippen LogP contribution is 2.33. The molecule has 72 valence electrons. The second-order valence-corrected chi connectivity index (χ2v) is 4.49. The predicted octanol–water partition coefficient (Wildman–Crippen LogP) is 1.41. The van der Waals surface area contributed by atoms with E-state index < -0.39 is 0 Å². The predicted molar refractivity (Wildman–Crippen MR) is 48.7 cm³/mol. The lowest BCUT2D eigenvalue weighted by Crippen LogP contribution is -2.39. The van der Waals surface area contributed by atoms with E-state index in [4.69, 9.17) is 0 Å². The van der Waals surface area contributed by atoms with Crippen molar-refractivity contribution in [2.45, 2.75) is 45.8 Å². The highest BCUT2D eigenvalue weighted by atomic mass is 16.3. The summed E-state index contributed by atoms with van der Waals surface area (Å²) in [5.41, 5.74) is 0. The van der Waals surface area contributed by atoms with Gasteiger partial charge < -0.3 is 10.2 Å². The molecule has 0 aromatic heterocycles. The van der Waals surface area contributed by atoms with Gasteiger partial charge in [-0.2, -0.15) is 0 Å². The molecule has 0 aromatic carbocycles. The van der Waals surface area contributed by atoms with Crippen molar-refractivity contribution in [1.29, 1.82) is 0 Å². The van der Waals surface area contributed by atoms with Crippen molar-refractivity contribution < 1.29 is 10.2 Å². The molecule has 1 aliphatic carbocycles. The Morgan fingerprint density at radius 2 is 1.67 bits per heavy atom. The third-order valence-corrected chi connectivity index (χ3v) is 3.13. The van der Waals surface area contributed by atoms with Crippen molar-refractivity contribution in [3.8, 4) is 0 Å². The van der Waals surface area contributed by atoms with Gasteiger partial charge in [0.05, 0.1) is 12.2 Å². The molecule has 0 saturated heterocycles. The normalized spacial score (nSPS) is 43.5. The summed E-state index contributed by atoms with van der Waals surface area (Å²) in [4.78, 5) is 0. The molecule has 0 amide bonds. The van der Waals surface area contributed by atoms with E-state index >= 15 is 0 Å². The van der Waals surface area contributed by atoms with Crippen LogP contribution in [0.25, 0.3) is 0 Å². The van der Waals surface area contributed by atoms with Gasteiger partial charge >= 0.3 is 0 Å². The SMILES string of the molecule is CC(C)[C@H]1C[C@@H](O)[C@H](C)C[C@@H]1O. The highest BCUT2D eigenvalue weighted by molar-refractivity contribution is 4.84. The Labute approximate surface area is 74.6 Å². The van der Waals surface area contributed by atoms with Crippen molar-refractivity contribution in [1.82, 2.24) is 0 Å². The Morgan fingerprint density at radius 1 is 1.08 bits per heavy atom. The Hall–Kier alpha value is -0.0800. The third kappa shape index (κ3) is 1.99. The van der Waals surface area contributed by atoms with Crippen LogP contribution in [0.5, 0.6) is 0 Å². The van der Waals surface area contributed by atoms with Crippen LogP contribution in [-0.2, 0) is 0 Å². The lowest BCUT2D eigenvalue weighted by Gasteiger charge is -2.37. The third-order valence-electron chi connectivity index (χ3n) is 3.13. The summed E-state index contributed by atoms with van der Waals surface area (Å²) in [5, 5.41) is 19.3. The van der Waals surface area contributed by atoms with E-state index in [-0.39, 0.29) is 24.0 Å². The van der Waals surface area contributed by atoms with Gasteiger partial charge in [-0.25, -0.2) is 0 Å². The van der Waals surface area contributed by atoms with Gasteiger partial charge in [-0.1, -0.05) is 20.8 Å². The van der Waals surface area contributed by atoms with Crippen LogP contribution in [0.1, 0.15) is 33.6 Å². The molecule has 1 fully saturated rings. The van der Waals surface area contributed by atoms with Crippen LogP contribution in [0.15, 0.2) is 0 Å². The molecule has 0 unspecified atom stereocenters. The van der Waals surface area contributed by atoms with E-state index in [1.54, 1.807) is 0 Å².